The summed E-state index contributed by atoms with van der Waals surface area (Å²) in [6.07, 6.45) is 4.27. The zero-order valence-corrected chi connectivity index (χ0v) is 22.0. The summed E-state index contributed by atoms with van der Waals surface area (Å²) < 4.78 is 29.3. The van der Waals surface area contributed by atoms with E-state index >= 15 is 0 Å². The maximum Gasteiger partial charge on any atom is 0.336 e. The zero-order chi connectivity index (χ0) is 26.9. The Bertz CT molecular complexity index is 1540. The number of hydrogen-bond acceptors (Lipinski definition) is 3. The van der Waals surface area contributed by atoms with E-state index in [2.05, 4.69) is 25.2 Å². The molecule has 0 unspecified atom stereocenters. The molecule has 2 saturated heterocycles. The van der Waals surface area contributed by atoms with Crippen molar-refractivity contribution in [1.29, 1.82) is 0 Å². The lowest BCUT2D eigenvalue weighted by Crippen LogP contribution is -2.52. The number of carboxylic acids is 2. The molecule has 9 heteroatoms. The molecule has 3 heterocycles. The first-order valence-electron chi connectivity index (χ1n) is 12.6. The highest BCUT2D eigenvalue weighted by molar-refractivity contribution is 6.98. The number of hydrogen-bond donors (Lipinski definition) is 2. The van der Waals surface area contributed by atoms with Crippen LogP contribution in [-0.4, -0.2) is 79.0 Å². The number of anilines is 1. The zero-order valence-electron chi connectivity index (χ0n) is 21.0. The number of fused-ring (bicyclic) bond motifs is 2. The van der Waals surface area contributed by atoms with Gasteiger partial charge in [0.05, 0.1) is 24.2 Å². The summed E-state index contributed by atoms with van der Waals surface area (Å²) in [7, 11) is -2.38. The Morgan fingerprint density at radius 1 is 0.947 bits per heavy atom. The third-order valence-electron chi connectivity index (χ3n) is 8.06. The summed E-state index contributed by atoms with van der Waals surface area (Å²) in [5.74, 6) is -2.29. The molecule has 0 aromatic heterocycles. The minimum absolute atomic E-state index is 0.0000485. The molecular formula is C29H27F2N2O4Si+. The van der Waals surface area contributed by atoms with Gasteiger partial charge in [0.1, 0.15) is 14.2 Å². The van der Waals surface area contributed by atoms with Crippen molar-refractivity contribution in [2.24, 2.45) is 0 Å². The number of aromatic carboxylic acids is 2. The van der Waals surface area contributed by atoms with Gasteiger partial charge in [0, 0.05) is 17.8 Å². The number of benzene rings is 2. The maximum atomic E-state index is 13.7. The number of rotatable bonds is 4. The van der Waals surface area contributed by atoms with Gasteiger partial charge in [-0.05, 0) is 69.1 Å². The van der Waals surface area contributed by atoms with Crippen LogP contribution in [0, 0.1) is 0 Å². The van der Waals surface area contributed by atoms with Crippen LogP contribution in [0.15, 0.2) is 65.4 Å². The minimum Gasteiger partial charge on any atom is -0.478 e. The van der Waals surface area contributed by atoms with Gasteiger partial charge in [0.2, 0.25) is 6.17 Å². The molecule has 6 nitrogen and oxygen atoms in total. The number of nitrogens with zero attached hydrogens (tertiary/aromatic N) is 2. The second kappa shape index (κ2) is 8.59. The van der Waals surface area contributed by atoms with Gasteiger partial charge in [-0.1, -0.05) is 19.2 Å². The lowest BCUT2D eigenvalue weighted by Gasteiger charge is -2.41. The fourth-order valence-electron chi connectivity index (χ4n) is 5.85. The summed E-state index contributed by atoms with van der Waals surface area (Å²) >= 11 is 0. The predicted molar refractivity (Wildman–Crippen MR) is 144 cm³/mol. The van der Waals surface area contributed by atoms with Gasteiger partial charge < -0.3 is 15.1 Å². The smallest absolute Gasteiger partial charge is 0.336 e. The van der Waals surface area contributed by atoms with Gasteiger partial charge in [-0.2, -0.15) is 0 Å². The average Bonchev–Trinajstić information content (AvgIpc) is 2.84. The second-order valence-corrected chi connectivity index (χ2v) is 15.2. The van der Waals surface area contributed by atoms with Gasteiger partial charge in [0.15, 0.2) is 18.8 Å². The SMILES string of the molecule is C[Si]1(C)C2=CC(=[N+]3CC(F)C3)C=CC2=C(c2cc(C(=O)O)ccc2C(=O)O)c2ccc(N3CC(F)C3)cc21. The van der Waals surface area contributed by atoms with E-state index in [0.29, 0.717) is 37.3 Å². The molecule has 0 bridgehead atoms. The lowest BCUT2D eigenvalue weighted by atomic mass is 9.86. The van der Waals surface area contributed by atoms with Crippen molar-refractivity contribution in [1.82, 2.24) is 0 Å². The van der Waals surface area contributed by atoms with Crippen molar-refractivity contribution >= 4 is 42.2 Å². The molecule has 0 radical (unpaired) electrons. The molecule has 194 valence electrons. The monoisotopic (exact) mass is 533 g/mol. The summed E-state index contributed by atoms with van der Waals surface area (Å²) in [6, 6.07) is 10.1. The summed E-state index contributed by atoms with van der Waals surface area (Å²) in [5.41, 5.74) is 4.57. The van der Waals surface area contributed by atoms with Crippen molar-refractivity contribution in [2.45, 2.75) is 25.4 Å². The van der Waals surface area contributed by atoms with Gasteiger partial charge in [0.25, 0.3) is 0 Å². The Morgan fingerprint density at radius 2 is 1.68 bits per heavy atom. The van der Waals surface area contributed by atoms with Crippen LogP contribution in [0.2, 0.25) is 13.1 Å². The number of carbonyl (C=O) groups is 2. The highest BCUT2D eigenvalue weighted by Crippen LogP contribution is 2.43. The van der Waals surface area contributed by atoms with Crippen LogP contribution >= 0.6 is 0 Å². The predicted octanol–water partition coefficient (Wildman–Crippen LogP) is 3.81. The Balaban J connectivity index is 1.63. The molecule has 4 aliphatic rings. The van der Waals surface area contributed by atoms with E-state index < -0.39 is 32.4 Å². The molecule has 2 fully saturated rings. The first kappa shape index (κ1) is 24.5. The second-order valence-electron chi connectivity index (χ2n) is 10.8. The molecule has 0 amide bonds. The highest BCUT2D eigenvalue weighted by atomic mass is 28.3. The third kappa shape index (κ3) is 3.75. The summed E-state index contributed by atoms with van der Waals surface area (Å²) in [6.45, 7) is 5.79. The number of alkyl halides is 2. The van der Waals surface area contributed by atoms with E-state index in [-0.39, 0.29) is 11.1 Å². The standard InChI is InChI=1S/C29H26F2N2O4Si/c1-38(2)25-10-19(32-12-17(30)13-32)4-7-22(25)27(24-9-16(28(34)35)3-6-21(24)29(36)37)23-8-5-20(11-26(23)38)33-14-18(31)15-33/h3-11,17-18H,12-15H2,1-2H3,(H-,34,35,36,37)/p+1. The number of halogens is 2. The first-order valence-corrected chi connectivity index (χ1v) is 15.6. The topological polar surface area (TPSA) is 80.8 Å². The Hall–Kier alpha value is -3.85. The van der Waals surface area contributed by atoms with Crippen molar-refractivity contribution in [3.63, 3.8) is 0 Å². The third-order valence-corrected chi connectivity index (χ3v) is 11.6. The van der Waals surface area contributed by atoms with Crippen LogP contribution < -0.4 is 10.1 Å². The first-order chi connectivity index (χ1) is 18.0. The molecule has 2 aromatic carbocycles. The van der Waals surface area contributed by atoms with Crippen LogP contribution in [0.5, 0.6) is 0 Å². The van der Waals surface area contributed by atoms with Crippen LogP contribution in [0.3, 0.4) is 0 Å². The quantitative estimate of drug-likeness (QED) is 0.462. The lowest BCUT2D eigenvalue weighted by molar-refractivity contribution is -0.599. The van der Waals surface area contributed by atoms with E-state index in [1.165, 1.54) is 18.2 Å². The van der Waals surface area contributed by atoms with Crippen molar-refractivity contribution in [3.05, 3.63) is 87.6 Å². The van der Waals surface area contributed by atoms with E-state index in [4.69, 9.17) is 0 Å². The van der Waals surface area contributed by atoms with Gasteiger partial charge >= 0.3 is 11.9 Å². The van der Waals surface area contributed by atoms with Crippen LogP contribution in [-0.2, 0) is 0 Å². The van der Waals surface area contributed by atoms with E-state index in [1.54, 1.807) is 0 Å². The molecule has 6 rings (SSSR count). The molecule has 2 aromatic rings. The summed E-state index contributed by atoms with van der Waals surface area (Å²) in [5, 5.41) is 21.9. The van der Waals surface area contributed by atoms with Crippen molar-refractivity contribution < 1.29 is 33.2 Å². The Morgan fingerprint density at radius 3 is 2.32 bits per heavy atom. The fraction of sp³-hybridized carbons (Fsp3) is 0.276. The van der Waals surface area contributed by atoms with Crippen molar-refractivity contribution in [2.75, 3.05) is 31.1 Å². The molecule has 2 N–H and O–H groups in total. The van der Waals surface area contributed by atoms with E-state index in [0.717, 1.165) is 32.9 Å². The van der Waals surface area contributed by atoms with Gasteiger partial charge in [-0.15, -0.1) is 0 Å². The molecule has 0 spiro atoms. The molecular weight excluding hydrogens is 506 g/mol. The molecule has 0 saturated carbocycles. The van der Waals surface area contributed by atoms with Crippen molar-refractivity contribution in [3.8, 4) is 0 Å². The summed E-state index contributed by atoms with van der Waals surface area (Å²) in [4.78, 5) is 26.1. The molecule has 3 aliphatic heterocycles. The highest BCUT2D eigenvalue weighted by Gasteiger charge is 2.43. The van der Waals surface area contributed by atoms with Crippen LogP contribution in [0.25, 0.3) is 5.57 Å². The fourth-order valence-corrected chi connectivity index (χ4v) is 8.92. The van der Waals surface area contributed by atoms with E-state index in [1.807, 2.05) is 33.8 Å². The Kier molecular flexibility index (Phi) is 5.53. The number of allylic oxidation sites excluding steroid dienone is 5. The Labute approximate surface area is 219 Å². The average molecular weight is 534 g/mol. The molecule has 1 aliphatic carbocycles. The normalized spacial score (nSPS) is 21.8. The van der Waals surface area contributed by atoms with Gasteiger partial charge in [-0.3, -0.25) is 0 Å². The largest absolute Gasteiger partial charge is 0.478 e. The van der Waals surface area contributed by atoms with Crippen LogP contribution in [0.1, 0.15) is 31.8 Å². The van der Waals surface area contributed by atoms with E-state index in [9.17, 15) is 28.6 Å². The number of carboxylic acid groups (broad SMARTS) is 2. The van der Waals surface area contributed by atoms with Gasteiger partial charge in [-0.25, -0.2) is 22.9 Å². The maximum absolute atomic E-state index is 13.7. The molecule has 38 heavy (non-hydrogen) atoms. The van der Waals surface area contributed by atoms with Crippen LogP contribution in [0.4, 0.5) is 14.5 Å². The minimum atomic E-state index is -2.38. The molecule has 0 atom stereocenters.